The summed E-state index contributed by atoms with van der Waals surface area (Å²) in [6, 6.07) is 6.38. The first kappa shape index (κ1) is 17.1. The van der Waals surface area contributed by atoms with Gasteiger partial charge in [-0.1, -0.05) is 51.3 Å². The largest absolute Gasteiger partial charge is 0.356 e. The van der Waals surface area contributed by atoms with Gasteiger partial charge in [-0.2, -0.15) is 0 Å². The van der Waals surface area contributed by atoms with Crippen LogP contribution in [0.3, 0.4) is 0 Å². The molecule has 0 heterocycles. The summed E-state index contributed by atoms with van der Waals surface area (Å²) in [5.41, 5.74) is 0.465. The zero-order valence-electron chi connectivity index (χ0n) is 12.8. The highest BCUT2D eigenvalue weighted by atomic mass is 16.6. The zero-order valence-corrected chi connectivity index (χ0v) is 12.8. The Morgan fingerprint density at radius 2 is 2.05 bits per heavy atom. The van der Waals surface area contributed by atoms with Gasteiger partial charge in [-0.15, -0.1) is 0 Å². The third kappa shape index (κ3) is 5.94. The van der Waals surface area contributed by atoms with Crippen molar-refractivity contribution in [1.29, 1.82) is 0 Å². The lowest BCUT2D eigenvalue weighted by Gasteiger charge is -2.15. The number of nitrogens with zero attached hydrogens (tertiary/aromatic N) is 1. The van der Waals surface area contributed by atoms with E-state index >= 15 is 0 Å². The van der Waals surface area contributed by atoms with E-state index in [1.807, 2.05) is 0 Å². The molecule has 0 aliphatic rings. The van der Waals surface area contributed by atoms with Crippen molar-refractivity contribution in [2.75, 3.05) is 6.54 Å². The molecule has 0 aliphatic carbocycles. The van der Waals surface area contributed by atoms with Crippen molar-refractivity contribution in [2.45, 2.75) is 46.0 Å². The first-order valence-electron chi connectivity index (χ1n) is 7.57. The van der Waals surface area contributed by atoms with Crippen LogP contribution in [-0.4, -0.2) is 17.4 Å². The fourth-order valence-electron chi connectivity index (χ4n) is 2.28. The fourth-order valence-corrected chi connectivity index (χ4v) is 2.28. The van der Waals surface area contributed by atoms with Gasteiger partial charge in [0.05, 0.1) is 11.3 Å². The van der Waals surface area contributed by atoms with E-state index < -0.39 is 4.92 Å². The van der Waals surface area contributed by atoms with Crippen molar-refractivity contribution >= 4 is 11.6 Å². The minimum absolute atomic E-state index is 0.00525. The lowest BCUT2D eigenvalue weighted by molar-refractivity contribution is -0.385. The second-order valence-corrected chi connectivity index (χ2v) is 5.28. The summed E-state index contributed by atoms with van der Waals surface area (Å²) < 4.78 is 0. The van der Waals surface area contributed by atoms with Crippen LogP contribution in [0.2, 0.25) is 0 Å². The van der Waals surface area contributed by atoms with Crippen molar-refractivity contribution in [2.24, 2.45) is 5.92 Å². The van der Waals surface area contributed by atoms with E-state index in [0.29, 0.717) is 18.0 Å². The van der Waals surface area contributed by atoms with Crippen molar-refractivity contribution in [1.82, 2.24) is 5.32 Å². The van der Waals surface area contributed by atoms with E-state index in [-0.39, 0.29) is 18.0 Å². The van der Waals surface area contributed by atoms with Crippen LogP contribution in [0, 0.1) is 16.0 Å². The van der Waals surface area contributed by atoms with Crippen LogP contribution in [0.1, 0.15) is 45.1 Å². The molecule has 1 rings (SSSR count). The minimum atomic E-state index is -0.446. The molecule has 0 fully saturated rings. The molecule has 1 N–H and O–H groups in total. The van der Waals surface area contributed by atoms with Gasteiger partial charge in [0, 0.05) is 18.2 Å². The van der Waals surface area contributed by atoms with Gasteiger partial charge in [0.1, 0.15) is 0 Å². The maximum absolute atomic E-state index is 11.9. The number of nitrogens with one attached hydrogen (secondary N) is 1. The molecule has 0 saturated carbocycles. The normalized spacial score (nSPS) is 11.9. The summed E-state index contributed by atoms with van der Waals surface area (Å²) in [5.74, 6) is 0.332. The van der Waals surface area contributed by atoms with E-state index in [1.54, 1.807) is 18.2 Å². The SMILES string of the molecule is CCCC[C@H](CC)CNC(=O)Cc1ccccc1[N+](=O)[O-]. The summed E-state index contributed by atoms with van der Waals surface area (Å²) in [4.78, 5) is 22.4. The Bertz CT molecular complexity index is 474. The number of para-hydroxylation sites is 1. The van der Waals surface area contributed by atoms with Gasteiger partial charge in [-0.3, -0.25) is 14.9 Å². The van der Waals surface area contributed by atoms with Crippen molar-refractivity contribution in [3.63, 3.8) is 0 Å². The average molecular weight is 292 g/mol. The molecule has 0 saturated heterocycles. The highest BCUT2D eigenvalue weighted by Gasteiger charge is 2.16. The summed E-state index contributed by atoms with van der Waals surface area (Å²) in [6.45, 7) is 4.92. The van der Waals surface area contributed by atoms with Gasteiger partial charge in [0.2, 0.25) is 5.91 Å². The number of nitro benzene ring substituents is 1. The van der Waals surface area contributed by atoms with Gasteiger partial charge in [-0.25, -0.2) is 0 Å². The van der Waals surface area contributed by atoms with Gasteiger partial charge < -0.3 is 5.32 Å². The zero-order chi connectivity index (χ0) is 15.7. The molecule has 0 aliphatic heterocycles. The maximum atomic E-state index is 11.9. The Balaban J connectivity index is 2.52. The van der Waals surface area contributed by atoms with Gasteiger partial charge >= 0.3 is 0 Å². The smallest absolute Gasteiger partial charge is 0.273 e. The van der Waals surface area contributed by atoms with Crippen LogP contribution < -0.4 is 5.32 Å². The molecule has 1 aromatic rings. The number of rotatable bonds is 9. The molecule has 116 valence electrons. The Hall–Kier alpha value is -1.91. The first-order valence-corrected chi connectivity index (χ1v) is 7.57. The summed E-state index contributed by atoms with van der Waals surface area (Å²) in [6.07, 6.45) is 4.52. The second-order valence-electron chi connectivity index (χ2n) is 5.28. The van der Waals surface area contributed by atoms with Crippen molar-refractivity contribution in [3.05, 3.63) is 39.9 Å². The molecule has 1 amide bonds. The number of carbonyl (C=O) groups is 1. The standard InChI is InChI=1S/C16H24N2O3/c1-3-5-8-13(4-2)12-17-16(19)11-14-9-6-7-10-15(14)18(20)21/h6-7,9-10,13H,3-5,8,11-12H2,1-2H3,(H,17,19)/t13-/m0/s1. The first-order chi connectivity index (χ1) is 10.1. The molecule has 1 aromatic carbocycles. The van der Waals surface area contributed by atoms with Crippen LogP contribution in [0.5, 0.6) is 0 Å². The number of hydrogen-bond donors (Lipinski definition) is 1. The second kappa shape index (κ2) is 9.10. The number of unbranched alkanes of at least 4 members (excludes halogenated alkanes) is 1. The van der Waals surface area contributed by atoms with E-state index in [0.717, 1.165) is 19.3 Å². The molecule has 0 aromatic heterocycles. The van der Waals surface area contributed by atoms with Gasteiger partial charge in [-0.05, 0) is 12.3 Å². The van der Waals surface area contributed by atoms with E-state index in [9.17, 15) is 14.9 Å². The minimum Gasteiger partial charge on any atom is -0.356 e. The number of nitro groups is 1. The predicted molar refractivity (Wildman–Crippen MR) is 83.1 cm³/mol. The van der Waals surface area contributed by atoms with Crippen LogP contribution in [0.25, 0.3) is 0 Å². The third-order valence-electron chi connectivity index (χ3n) is 3.67. The predicted octanol–water partition coefficient (Wildman–Crippen LogP) is 3.47. The van der Waals surface area contributed by atoms with Crippen LogP contribution in [-0.2, 0) is 11.2 Å². The van der Waals surface area contributed by atoms with Gasteiger partial charge in [0.15, 0.2) is 0 Å². The van der Waals surface area contributed by atoms with Crippen molar-refractivity contribution in [3.8, 4) is 0 Å². The molecule has 0 bridgehead atoms. The Kier molecular flexibility index (Phi) is 7.43. The number of carbonyl (C=O) groups excluding carboxylic acids is 1. The Labute approximate surface area is 125 Å². The van der Waals surface area contributed by atoms with E-state index in [2.05, 4.69) is 19.2 Å². The highest BCUT2D eigenvalue weighted by molar-refractivity contribution is 5.79. The van der Waals surface area contributed by atoms with Crippen molar-refractivity contribution < 1.29 is 9.72 Å². The monoisotopic (exact) mass is 292 g/mol. The molecule has 1 atom stereocenters. The highest BCUT2D eigenvalue weighted by Crippen LogP contribution is 2.18. The summed E-state index contributed by atoms with van der Waals surface area (Å²) in [5, 5.41) is 13.8. The van der Waals surface area contributed by atoms with E-state index in [1.165, 1.54) is 12.5 Å². The molecule has 5 heteroatoms. The topological polar surface area (TPSA) is 72.2 Å². The van der Waals surface area contributed by atoms with Crippen LogP contribution in [0.15, 0.2) is 24.3 Å². The molecule has 0 unspecified atom stereocenters. The van der Waals surface area contributed by atoms with Gasteiger partial charge in [0.25, 0.3) is 5.69 Å². The molecular formula is C16H24N2O3. The molecule has 5 nitrogen and oxygen atoms in total. The quantitative estimate of drug-likeness (QED) is 0.559. The lowest BCUT2D eigenvalue weighted by atomic mass is 9.99. The Morgan fingerprint density at radius 1 is 1.33 bits per heavy atom. The van der Waals surface area contributed by atoms with E-state index in [4.69, 9.17) is 0 Å². The third-order valence-corrected chi connectivity index (χ3v) is 3.67. The Morgan fingerprint density at radius 3 is 2.67 bits per heavy atom. The van der Waals surface area contributed by atoms with Crippen LogP contribution in [0.4, 0.5) is 5.69 Å². The molecule has 21 heavy (non-hydrogen) atoms. The van der Waals surface area contributed by atoms with Crippen LogP contribution >= 0.6 is 0 Å². The molecule has 0 spiro atoms. The summed E-state index contributed by atoms with van der Waals surface area (Å²) >= 11 is 0. The lowest BCUT2D eigenvalue weighted by Crippen LogP contribution is -2.30. The molecular weight excluding hydrogens is 268 g/mol. The number of hydrogen-bond acceptors (Lipinski definition) is 3. The fraction of sp³-hybridized carbons (Fsp3) is 0.562. The number of amides is 1. The summed E-state index contributed by atoms with van der Waals surface area (Å²) in [7, 11) is 0. The average Bonchev–Trinajstić information content (AvgIpc) is 2.47. The molecule has 0 radical (unpaired) electrons. The maximum Gasteiger partial charge on any atom is 0.273 e. The number of benzene rings is 1.